The molecule has 6 N–H and O–H groups in total. The zero-order valence-electron chi connectivity index (χ0n) is 24.3. The molecule has 0 bridgehead atoms. The Bertz CT molecular complexity index is 2150. The van der Waals surface area contributed by atoms with Crippen molar-refractivity contribution in [3.63, 3.8) is 0 Å². The van der Waals surface area contributed by atoms with Crippen molar-refractivity contribution in [2.45, 2.75) is 16.7 Å². The highest BCUT2D eigenvalue weighted by atomic mass is 32.3. The molecule has 3 aromatic rings. The van der Waals surface area contributed by atoms with Crippen molar-refractivity contribution in [1.82, 2.24) is 4.98 Å². The zero-order chi connectivity index (χ0) is 35.9. The first-order valence-corrected chi connectivity index (χ1v) is 19.7. The minimum Gasteiger partial charge on any atom is -0.367 e. The van der Waals surface area contributed by atoms with Gasteiger partial charge < -0.3 is 10.6 Å². The third-order valence-corrected chi connectivity index (χ3v) is 9.99. The van der Waals surface area contributed by atoms with Crippen LogP contribution in [0.2, 0.25) is 0 Å². The summed E-state index contributed by atoms with van der Waals surface area (Å²) in [7, 11) is -16.3. The van der Waals surface area contributed by atoms with E-state index >= 15 is 0 Å². The standard InChI is InChI=1S/C23H26N6O14S5/c1-14-17(13-24)22(25-7-9-42-45(31)32)27-23(26-8-11-44(30)12-10-43-48(39,40)41)20(14)29-28-18-6-5-15-16(21(18)47(36,37)38)3-2-4-19(15)46(33,34)35/h2-6H,7-12H2,1H3,(H,31,32)(H2,25,26,27)(H,33,34,35)(H,36,37,38)(H,39,40,41). The van der Waals surface area contributed by atoms with Gasteiger partial charge in [0.1, 0.15) is 33.1 Å². The van der Waals surface area contributed by atoms with Crippen LogP contribution in [-0.4, -0.2) is 94.7 Å². The Hall–Kier alpha value is -3.55. The maximum atomic E-state index is 12.5. The van der Waals surface area contributed by atoms with Crippen molar-refractivity contribution >= 4 is 86.6 Å². The van der Waals surface area contributed by atoms with E-state index in [2.05, 4.69) is 34.2 Å². The first-order valence-electron chi connectivity index (χ1n) is 12.9. The number of benzene rings is 2. The topological polar surface area (TPSA) is 321 Å². The van der Waals surface area contributed by atoms with Gasteiger partial charge in [-0.05, 0) is 19.1 Å². The highest BCUT2D eigenvalue weighted by Gasteiger charge is 2.24. The van der Waals surface area contributed by atoms with Crippen LogP contribution in [0.1, 0.15) is 11.1 Å². The second kappa shape index (κ2) is 16.2. The van der Waals surface area contributed by atoms with Gasteiger partial charge in [-0.3, -0.25) is 26.6 Å². The molecule has 0 fully saturated rings. The van der Waals surface area contributed by atoms with Crippen LogP contribution < -0.4 is 10.6 Å². The number of azo groups is 1. The number of rotatable bonds is 17. The molecule has 0 saturated carbocycles. The molecule has 0 saturated heterocycles. The fourth-order valence-corrected chi connectivity index (χ4v) is 7.04. The highest BCUT2D eigenvalue weighted by Crippen LogP contribution is 2.38. The summed E-state index contributed by atoms with van der Waals surface area (Å²) in [6.07, 6.45) is 0. The molecule has 0 amide bonds. The van der Waals surface area contributed by atoms with E-state index in [-0.39, 0.29) is 70.4 Å². The van der Waals surface area contributed by atoms with Crippen molar-refractivity contribution in [2.75, 3.05) is 48.4 Å². The Morgan fingerprint density at radius 2 is 1.58 bits per heavy atom. The van der Waals surface area contributed by atoms with Gasteiger partial charge in [0, 0.05) is 51.7 Å². The van der Waals surface area contributed by atoms with Gasteiger partial charge in [-0.1, -0.05) is 18.2 Å². The molecular formula is C23H26N6O14S5. The fourth-order valence-electron chi connectivity index (χ4n) is 4.07. The van der Waals surface area contributed by atoms with E-state index in [1.165, 1.54) is 6.92 Å². The molecule has 2 aromatic carbocycles. The van der Waals surface area contributed by atoms with E-state index in [9.17, 15) is 48.0 Å². The molecular weight excluding hydrogens is 745 g/mol. The molecule has 2 unspecified atom stereocenters. The first-order chi connectivity index (χ1) is 22.3. The lowest BCUT2D eigenvalue weighted by molar-refractivity contribution is 0.284. The van der Waals surface area contributed by atoms with Crippen LogP contribution >= 0.6 is 0 Å². The number of nitriles is 1. The molecule has 0 aliphatic heterocycles. The van der Waals surface area contributed by atoms with Crippen LogP contribution in [0.4, 0.5) is 23.0 Å². The van der Waals surface area contributed by atoms with Crippen molar-refractivity contribution < 1.29 is 60.2 Å². The van der Waals surface area contributed by atoms with Crippen LogP contribution in [0, 0.1) is 18.3 Å². The Labute approximate surface area is 279 Å². The predicted octanol–water partition coefficient (Wildman–Crippen LogP) is 1.87. The molecule has 262 valence electrons. The second-order valence-corrected chi connectivity index (χ2v) is 15.4. The minimum absolute atomic E-state index is 0.0477. The molecule has 0 radical (unpaired) electrons. The number of aromatic nitrogens is 1. The lowest BCUT2D eigenvalue weighted by Gasteiger charge is -2.15. The summed E-state index contributed by atoms with van der Waals surface area (Å²) in [6, 6.07) is 7.37. The van der Waals surface area contributed by atoms with E-state index in [0.717, 1.165) is 30.3 Å². The molecule has 1 aromatic heterocycles. The Morgan fingerprint density at radius 3 is 2.19 bits per heavy atom. The summed E-state index contributed by atoms with van der Waals surface area (Å²) >= 11 is -2.56. The molecule has 0 aliphatic rings. The lowest BCUT2D eigenvalue weighted by atomic mass is 10.1. The van der Waals surface area contributed by atoms with Crippen molar-refractivity contribution in [2.24, 2.45) is 10.2 Å². The Kier molecular flexibility index (Phi) is 13.2. The van der Waals surface area contributed by atoms with Gasteiger partial charge >= 0.3 is 21.8 Å². The van der Waals surface area contributed by atoms with E-state index < -0.39 is 74.9 Å². The van der Waals surface area contributed by atoms with Gasteiger partial charge in [0.25, 0.3) is 20.2 Å². The van der Waals surface area contributed by atoms with Crippen molar-refractivity contribution in [3.05, 3.63) is 41.5 Å². The van der Waals surface area contributed by atoms with E-state index in [4.69, 9.17) is 9.11 Å². The average Bonchev–Trinajstić information content (AvgIpc) is 2.96. The molecule has 3 rings (SSSR count). The summed E-state index contributed by atoms with van der Waals surface area (Å²) in [5.74, 6) is -0.530. The number of nitrogens with one attached hydrogen (secondary N) is 2. The molecule has 1 heterocycles. The van der Waals surface area contributed by atoms with Crippen molar-refractivity contribution in [3.8, 4) is 6.07 Å². The Balaban J connectivity index is 2.08. The van der Waals surface area contributed by atoms with E-state index in [1.807, 2.05) is 6.07 Å². The van der Waals surface area contributed by atoms with E-state index in [0.29, 0.717) is 0 Å². The number of fused-ring (bicyclic) bond motifs is 1. The summed E-state index contributed by atoms with van der Waals surface area (Å²) in [6.45, 7) is 0.393. The fraction of sp³-hybridized carbons (Fsp3) is 0.304. The second-order valence-electron chi connectivity index (χ2n) is 9.18. The molecule has 0 spiro atoms. The van der Waals surface area contributed by atoms with Gasteiger partial charge in [0.2, 0.25) is 0 Å². The maximum absolute atomic E-state index is 12.5. The van der Waals surface area contributed by atoms with Crippen LogP contribution in [0.3, 0.4) is 0 Å². The Morgan fingerprint density at radius 1 is 0.896 bits per heavy atom. The van der Waals surface area contributed by atoms with Gasteiger partial charge in [-0.2, -0.15) is 34.7 Å². The van der Waals surface area contributed by atoms with Gasteiger partial charge in [0.15, 0.2) is 5.82 Å². The molecule has 2 atom stereocenters. The quantitative estimate of drug-likeness (QED) is 0.0494. The molecule has 25 heteroatoms. The average molecular weight is 771 g/mol. The molecule has 0 aliphatic carbocycles. The SMILES string of the molecule is Cc1c(C#N)c(NCCOS(=O)O)nc(NCCS(=O)CCOS(=O)(=O)O)c1N=Nc1ccc2c(S(=O)(=O)O)cccc2c1S(=O)(=O)O. The summed E-state index contributed by atoms with van der Waals surface area (Å²) in [4.78, 5) is 2.80. The highest BCUT2D eigenvalue weighted by molar-refractivity contribution is 7.86. The first kappa shape index (κ1) is 38.9. The molecule has 20 nitrogen and oxygen atoms in total. The summed E-state index contributed by atoms with van der Waals surface area (Å²) in [5.41, 5.74) is -0.577. The van der Waals surface area contributed by atoms with Crippen LogP contribution in [-0.2, 0) is 61.2 Å². The lowest BCUT2D eigenvalue weighted by Crippen LogP contribution is -2.18. The number of anilines is 2. The number of pyridine rings is 1. The van der Waals surface area contributed by atoms with Gasteiger partial charge in [-0.25, -0.2) is 9.17 Å². The maximum Gasteiger partial charge on any atom is 0.397 e. The number of hydrogen-bond acceptors (Lipinski definition) is 16. The largest absolute Gasteiger partial charge is 0.397 e. The van der Waals surface area contributed by atoms with Gasteiger partial charge in [0.05, 0.1) is 18.8 Å². The third-order valence-electron chi connectivity index (χ3n) is 6.02. The smallest absolute Gasteiger partial charge is 0.367 e. The number of hydrogen-bond donors (Lipinski definition) is 6. The van der Waals surface area contributed by atoms with Crippen molar-refractivity contribution in [1.29, 1.82) is 5.26 Å². The summed E-state index contributed by atoms with van der Waals surface area (Å²) < 4.78 is 139. The normalized spacial score (nSPS) is 13.8. The van der Waals surface area contributed by atoms with E-state index in [1.54, 1.807) is 0 Å². The third kappa shape index (κ3) is 10.7. The van der Waals surface area contributed by atoms with Crippen LogP contribution in [0.25, 0.3) is 10.8 Å². The number of nitrogens with zero attached hydrogens (tertiary/aromatic N) is 4. The monoisotopic (exact) mass is 770 g/mol. The summed E-state index contributed by atoms with van der Waals surface area (Å²) in [5, 5.41) is 22.9. The van der Waals surface area contributed by atoms with Gasteiger partial charge in [-0.15, -0.1) is 10.2 Å². The zero-order valence-corrected chi connectivity index (χ0v) is 28.4. The van der Waals surface area contributed by atoms with Crippen LogP contribution in [0.15, 0.2) is 50.4 Å². The molecule has 48 heavy (non-hydrogen) atoms. The minimum atomic E-state index is -5.10. The predicted molar refractivity (Wildman–Crippen MR) is 171 cm³/mol. The van der Waals surface area contributed by atoms with Crippen LogP contribution in [0.5, 0.6) is 0 Å².